The molecule has 0 heterocycles. The Hall–Kier alpha value is -1.36. The Labute approximate surface area is 120 Å². The number of benzene rings is 1. The van der Waals surface area contributed by atoms with E-state index >= 15 is 0 Å². The average Bonchev–Trinajstić information content (AvgIpc) is 2.23. The van der Waals surface area contributed by atoms with Crippen LogP contribution in [0.1, 0.15) is 26.3 Å². The molecule has 4 nitrogen and oxygen atoms in total. The quantitative estimate of drug-likeness (QED) is 0.681. The molecule has 1 rings (SSSR count). The molecule has 5 heteroatoms. The van der Waals surface area contributed by atoms with Gasteiger partial charge in [0.05, 0.1) is 0 Å². The highest BCUT2D eigenvalue weighted by molar-refractivity contribution is 9.10. The normalized spacial score (nSPS) is 12.8. The predicted octanol–water partition coefficient (Wildman–Crippen LogP) is 3.03. The van der Waals surface area contributed by atoms with E-state index in [0.29, 0.717) is 0 Å². The Bertz CT molecular complexity index is 477. The molecule has 0 aromatic heterocycles. The first-order valence-corrected chi connectivity index (χ1v) is 6.68. The first-order valence-electron chi connectivity index (χ1n) is 5.89. The molecule has 0 bridgehead atoms. The molecule has 1 aromatic rings. The van der Waals surface area contributed by atoms with Gasteiger partial charge in [-0.1, -0.05) is 28.1 Å². The molecule has 0 aliphatic heterocycles. The fraction of sp³-hybridized carbons (Fsp3) is 0.429. The van der Waals surface area contributed by atoms with Crippen LogP contribution >= 0.6 is 15.9 Å². The van der Waals surface area contributed by atoms with E-state index < -0.39 is 23.5 Å². The highest BCUT2D eigenvalue weighted by Crippen LogP contribution is 2.18. The second-order valence-corrected chi connectivity index (χ2v) is 6.17. The van der Waals surface area contributed by atoms with Crippen LogP contribution in [0.25, 0.3) is 0 Å². The number of hydrogen-bond acceptors (Lipinski definition) is 3. The molecule has 1 unspecified atom stereocenters. The van der Waals surface area contributed by atoms with Gasteiger partial charge in [-0.3, -0.25) is 9.59 Å². The summed E-state index contributed by atoms with van der Waals surface area (Å²) in [6.07, 6.45) is 0.115. The fourth-order valence-corrected chi connectivity index (χ4v) is 1.99. The molecule has 0 saturated carbocycles. The maximum atomic E-state index is 11.9. The van der Waals surface area contributed by atoms with Gasteiger partial charge in [-0.25, -0.2) is 0 Å². The highest BCUT2D eigenvalue weighted by Gasteiger charge is 2.31. The third-order valence-corrected chi connectivity index (χ3v) is 2.81. The zero-order chi connectivity index (χ0) is 14.6. The van der Waals surface area contributed by atoms with Crippen molar-refractivity contribution in [2.75, 3.05) is 0 Å². The van der Waals surface area contributed by atoms with Crippen molar-refractivity contribution in [3.63, 3.8) is 0 Å². The van der Waals surface area contributed by atoms with Crippen molar-refractivity contribution in [3.8, 4) is 0 Å². The molecule has 1 aromatic carbocycles. The lowest BCUT2D eigenvalue weighted by Crippen LogP contribution is -2.33. The van der Waals surface area contributed by atoms with Crippen molar-refractivity contribution in [1.82, 2.24) is 0 Å². The number of aliphatic carboxylic acids is 1. The van der Waals surface area contributed by atoms with Gasteiger partial charge in [0.15, 0.2) is 5.92 Å². The lowest BCUT2D eigenvalue weighted by Gasteiger charge is -2.22. The molecular formula is C14H17BrO4. The SMILES string of the molecule is CC(C)(C)OC(=O)C(Cc1cccc(Br)c1)C(=O)O. The van der Waals surface area contributed by atoms with Crippen molar-refractivity contribution in [2.45, 2.75) is 32.8 Å². The Morgan fingerprint density at radius 3 is 2.47 bits per heavy atom. The van der Waals surface area contributed by atoms with Gasteiger partial charge >= 0.3 is 11.9 Å². The third kappa shape index (κ3) is 5.42. The van der Waals surface area contributed by atoms with Crippen LogP contribution in [-0.2, 0) is 20.7 Å². The number of esters is 1. The molecule has 0 saturated heterocycles. The summed E-state index contributed by atoms with van der Waals surface area (Å²) in [5, 5.41) is 9.16. The van der Waals surface area contributed by atoms with E-state index in [1.165, 1.54) is 0 Å². The molecule has 0 aliphatic rings. The predicted molar refractivity (Wildman–Crippen MR) is 74.8 cm³/mol. The summed E-state index contributed by atoms with van der Waals surface area (Å²) in [6, 6.07) is 7.21. The van der Waals surface area contributed by atoms with E-state index in [9.17, 15) is 9.59 Å². The Morgan fingerprint density at radius 1 is 1.37 bits per heavy atom. The Balaban J connectivity index is 2.84. The van der Waals surface area contributed by atoms with E-state index in [1.807, 2.05) is 6.07 Å². The monoisotopic (exact) mass is 328 g/mol. The van der Waals surface area contributed by atoms with E-state index in [2.05, 4.69) is 15.9 Å². The van der Waals surface area contributed by atoms with Crippen LogP contribution in [-0.4, -0.2) is 22.6 Å². The zero-order valence-corrected chi connectivity index (χ0v) is 12.7. The van der Waals surface area contributed by atoms with Gasteiger partial charge < -0.3 is 9.84 Å². The van der Waals surface area contributed by atoms with Gasteiger partial charge in [0, 0.05) is 4.47 Å². The standard InChI is InChI=1S/C14H17BrO4/c1-14(2,3)19-13(18)11(12(16)17)8-9-5-4-6-10(15)7-9/h4-7,11H,8H2,1-3H3,(H,16,17). The Morgan fingerprint density at radius 2 is 2.00 bits per heavy atom. The molecule has 104 valence electrons. The molecule has 1 N–H and O–H groups in total. The van der Waals surface area contributed by atoms with Crippen LogP contribution in [0.5, 0.6) is 0 Å². The van der Waals surface area contributed by atoms with Crippen molar-refractivity contribution in [1.29, 1.82) is 0 Å². The second kappa shape index (κ2) is 6.19. The summed E-state index contributed by atoms with van der Waals surface area (Å²) >= 11 is 3.31. The molecular weight excluding hydrogens is 312 g/mol. The van der Waals surface area contributed by atoms with Crippen molar-refractivity contribution >= 4 is 27.9 Å². The van der Waals surface area contributed by atoms with Crippen LogP contribution in [0, 0.1) is 5.92 Å². The first-order chi connectivity index (χ1) is 8.69. The summed E-state index contributed by atoms with van der Waals surface area (Å²) in [4.78, 5) is 23.1. The summed E-state index contributed by atoms with van der Waals surface area (Å²) in [5.74, 6) is -3.07. The Kier molecular flexibility index (Phi) is 5.11. The van der Waals surface area contributed by atoms with E-state index in [1.54, 1.807) is 39.0 Å². The van der Waals surface area contributed by atoms with E-state index in [-0.39, 0.29) is 6.42 Å². The van der Waals surface area contributed by atoms with Crippen molar-refractivity contribution in [3.05, 3.63) is 34.3 Å². The van der Waals surface area contributed by atoms with Crippen LogP contribution in [0.15, 0.2) is 28.7 Å². The fourth-order valence-electron chi connectivity index (χ4n) is 1.54. The van der Waals surface area contributed by atoms with Crippen LogP contribution < -0.4 is 0 Å². The minimum absolute atomic E-state index is 0.115. The van der Waals surface area contributed by atoms with E-state index in [4.69, 9.17) is 9.84 Å². The molecule has 1 atom stereocenters. The smallest absolute Gasteiger partial charge is 0.321 e. The maximum Gasteiger partial charge on any atom is 0.321 e. The first kappa shape index (κ1) is 15.7. The second-order valence-electron chi connectivity index (χ2n) is 5.26. The van der Waals surface area contributed by atoms with Gasteiger partial charge in [0.1, 0.15) is 5.60 Å². The number of hydrogen-bond donors (Lipinski definition) is 1. The number of carbonyl (C=O) groups is 2. The molecule has 0 aliphatic carbocycles. The number of carbonyl (C=O) groups excluding carboxylic acids is 1. The van der Waals surface area contributed by atoms with Crippen molar-refractivity contribution in [2.24, 2.45) is 5.92 Å². The van der Waals surface area contributed by atoms with Gasteiger partial charge in [-0.2, -0.15) is 0 Å². The molecule has 0 fully saturated rings. The largest absolute Gasteiger partial charge is 0.481 e. The minimum atomic E-state index is -1.19. The number of carboxylic acid groups (broad SMARTS) is 1. The van der Waals surface area contributed by atoms with Crippen LogP contribution in [0.4, 0.5) is 0 Å². The lowest BCUT2D eigenvalue weighted by atomic mass is 9.99. The molecule has 19 heavy (non-hydrogen) atoms. The maximum absolute atomic E-state index is 11.9. The van der Waals surface area contributed by atoms with Gasteiger partial charge in [0.25, 0.3) is 0 Å². The van der Waals surface area contributed by atoms with Crippen molar-refractivity contribution < 1.29 is 19.4 Å². The molecule has 0 radical (unpaired) electrons. The van der Waals surface area contributed by atoms with Gasteiger partial charge in [-0.05, 0) is 44.9 Å². The van der Waals surface area contributed by atoms with Gasteiger partial charge in [0.2, 0.25) is 0 Å². The van der Waals surface area contributed by atoms with Crippen LogP contribution in [0.2, 0.25) is 0 Å². The zero-order valence-electron chi connectivity index (χ0n) is 11.1. The third-order valence-electron chi connectivity index (χ3n) is 2.32. The number of halogens is 1. The minimum Gasteiger partial charge on any atom is -0.481 e. The summed E-state index contributed by atoms with van der Waals surface area (Å²) in [5.41, 5.74) is 0.0786. The van der Waals surface area contributed by atoms with E-state index in [0.717, 1.165) is 10.0 Å². The molecule has 0 amide bonds. The van der Waals surface area contributed by atoms with Gasteiger partial charge in [-0.15, -0.1) is 0 Å². The van der Waals surface area contributed by atoms with Crippen LogP contribution in [0.3, 0.4) is 0 Å². The number of rotatable bonds is 4. The lowest BCUT2D eigenvalue weighted by molar-refractivity contribution is -0.166. The number of ether oxygens (including phenoxy) is 1. The average molecular weight is 329 g/mol. The topological polar surface area (TPSA) is 63.6 Å². The highest BCUT2D eigenvalue weighted by atomic mass is 79.9. The summed E-state index contributed by atoms with van der Waals surface area (Å²) in [7, 11) is 0. The summed E-state index contributed by atoms with van der Waals surface area (Å²) < 4.78 is 5.98. The molecule has 0 spiro atoms. The number of carboxylic acids is 1. The summed E-state index contributed by atoms with van der Waals surface area (Å²) in [6.45, 7) is 5.13.